The van der Waals surface area contributed by atoms with Crippen LogP contribution in [-0.2, 0) is 4.79 Å². The highest BCUT2D eigenvalue weighted by Crippen LogP contribution is 2.40. The van der Waals surface area contributed by atoms with Crippen LogP contribution in [0.2, 0.25) is 0 Å². The molecule has 0 saturated heterocycles. The summed E-state index contributed by atoms with van der Waals surface area (Å²) in [6.07, 6.45) is 3.89. The summed E-state index contributed by atoms with van der Waals surface area (Å²) in [5, 5.41) is 12.6. The number of nitrogens with one attached hydrogen (secondary N) is 1. The Morgan fingerprint density at radius 1 is 1.41 bits per heavy atom. The Balaban J connectivity index is 2.70. The predicted molar refractivity (Wildman–Crippen MR) is 69.6 cm³/mol. The lowest BCUT2D eigenvalue weighted by Crippen LogP contribution is -2.54. The Labute approximate surface area is 105 Å². The number of amides is 1. The molecule has 3 nitrogen and oxygen atoms in total. The number of aliphatic hydroxyl groups is 1. The lowest BCUT2D eigenvalue weighted by atomic mass is 9.68. The zero-order chi connectivity index (χ0) is 13.3. The molecule has 1 rings (SSSR count). The second kappa shape index (κ2) is 4.97. The molecule has 1 amide bonds. The molecular formula is C14H27NO2. The fraction of sp³-hybridized carbons (Fsp3) is 0.929. The van der Waals surface area contributed by atoms with Gasteiger partial charge in [-0.1, -0.05) is 26.7 Å². The van der Waals surface area contributed by atoms with Crippen molar-refractivity contribution in [2.45, 2.75) is 71.9 Å². The molecule has 0 bridgehead atoms. The minimum Gasteiger partial charge on any atom is -0.391 e. The first kappa shape index (κ1) is 14.5. The zero-order valence-corrected chi connectivity index (χ0v) is 11.8. The Bertz CT molecular complexity index is 282. The van der Waals surface area contributed by atoms with Gasteiger partial charge in [0.25, 0.3) is 0 Å². The van der Waals surface area contributed by atoms with Crippen LogP contribution in [0.15, 0.2) is 0 Å². The number of rotatable bonds is 3. The third-order valence-corrected chi connectivity index (χ3v) is 4.31. The van der Waals surface area contributed by atoms with Crippen molar-refractivity contribution < 1.29 is 9.90 Å². The van der Waals surface area contributed by atoms with Crippen LogP contribution >= 0.6 is 0 Å². The summed E-state index contributed by atoms with van der Waals surface area (Å²) in [4.78, 5) is 12.3. The Morgan fingerprint density at radius 2 is 2.00 bits per heavy atom. The van der Waals surface area contributed by atoms with Gasteiger partial charge in [0.15, 0.2) is 0 Å². The number of hydrogen-bond acceptors (Lipinski definition) is 2. The van der Waals surface area contributed by atoms with E-state index < -0.39 is 11.6 Å². The third-order valence-electron chi connectivity index (χ3n) is 4.31. The van der Waals surface area contributed by atoms with Crippen LogP contribution in [0, 0.1) is 11.3 Å². The summed E-state index contributed by atoms with van der Waals surface area (Å²) in [7, 11) is 0. The van der Waals surface area contributed by atoms with Crippen LogP contribution in [0.5, 0.6) is 0 Å². The number of aliphatic hydroxyl groups excluding tert-OH is 1. The standard InChI is InChI=1S/C14H27NO2/c1-10(16)14(4,5)15-12(17)11-8-6-7-9-13(11,2)3/h10-11,16H,6-9H2,1-5H3,(H,15,17). The van der Waals surface area contributed by atoms with Gasteiger partial charge in [0.1, 0.15) is 0 Å². The van der Waals surface area contributed by atoms with Gasteiger partial charge in [0.05, 0.1) is 11.6 Å². The average Bonchev–Trinajstić information content (AvgIpc) is 2.15. The van der Waals surface area contributed by atoms with E-state index in [9.17, 15) is 9.90 Å². The SMILES string of the molecule is CC(O)C(C)(C)NC(=O)C1CCCCC1(C)C. The Kier molecular flexibility index (Phi) is 4.23. The second-order valence-corrected chi connectivity index (χ2v) is 6.67. The molecular weight excluding hydrogens is 214 g/mol. The molecule has 0 aliphatic heterocycles. The van der Waals surface area contributed by atoms with Crippen molar-refractivity contribution in [3.63, 3.8) is 0 Å². The van der Waals surface area contributed by atoms with Crippen LogP contribution in [0.3, 0.4) is 0 Å². The van der Waals surface area contributed by atoms with Gasteiger partial charge in [-0.15, -0.1) is 0 Å². The van der Waals surface area contributed by atoms with E-state index in [0.717, 1.165) is 19.3 Å². The third kappa shape index (κ3) is 3.44. The fourth-order valence-electron chi connectivity index (χ4n) is 2.49. The monoisotopic (exact) mass is 241 g/mol. The molecule has 2 N–H and O–H groups in total. The maximum absolute atomic E-state index is 12.3. The molecule has 2 unspecified atom stereocenters. The van der Waals surface area contributed by atoms with Gasteiger partial charge >= 0.3 is 0 Å². The molecule has 3 heteroatoms. The van der Waals surface area contributed by atoms with Gasteiger partial charge in [-0.3, -0.25) is 4.79 Å². The van der Waals surface area contributed by atoms with Gasteiger partial charge in [-0.2, -0.15) is 0 Å². The molecule has 1 aliphatic rings. The van der Waals surface area contributed by atoms with Crippen LogP contribution < -0.4 is 5.32 Å². The summed E-state index contributed by atoms with van der Waals surface area (Å²) in [5.41, 5.74) is -0.471. The lowest BCUT2D eigenvalue weighted by Gasteiger charge is -2.40. The van der Waals surface area contributed by atoms with E-state index >= 15 is 0 Å². The van der Waals surface area contributed by atoms with Crippen molar-refractivity contribution in [1.82, 2.24) is 5.32 Å². The topological polar surface area (TPSA) is 49.3 Å². The van der Waals surface area contributed by atoms with Crippen LogP contribution in [0.25, 0.3) is 0 Å². The summed E-state index contributed by atoms with van der Waals surface area (Å²) in [5.74, 6) is 0.176. The van der Waals surface area contributed by atoms with Crippen LogP contribution in [-0.4, -0.2) is 22.7 Å². The zero-order valence-electron chi connectivity index (χ0n) is 11.8. The smallest absolute Gasteiger partial charge is 0.224 e. The first-order chi connectivity index (χ1) is 7.67. The Hall–Kier alpha value is -0.570. The summed E-state index contributed by atoms with van der Waals surface area (Å²) in [6.45, 7) is 9.79. The van der Waals surface area contributed by atoms with Crippen molar-refractivity contribution in [2.75, 3.05) is 0 Å². The van der Waals surface area contributed by atoms with E-state index in [4.69, 9.17) is 0 Å². The van der Waals surface area contributed by atoms with Crippen molar-refractivity contribution in [2.24, 2.45) is 11.3 Å². The van der Waals surface area contributed by atoms with Gasteiger partial charge < -0.3 is 10.4 Å². The lowest BCUT2D eigenvalue weighted by molar-refractivity contribution is -0.133. The summed E-state index contributed by atoms with van der Waals surface area (Å²) < 4.78 is 0. The molecule has 1 saturated carbocycles. The van der Waals surface area contributed by atoms with Gasteiger partial charge in [-0.25, -0.2) is 0 Å². The van der Waals surface area contributed by atoms with E-state index in [-0.39, 0.29) is 17.2 Å². The molecule has 17 heavy (non-hydrogen) atoms. The molecule has 0 aromatic heterocycles. The largest absolute Gasteiger partial charge is 0.391 e. The second-order valence-electron chi connectivity index (χ2n) is 6.67. The highest BCUT2D eigenvalue weighted by Gasteiger charge is 2.39. The van der Waals surface area contributed by atoms with Crippen molar-refractivity contribution >= 4 is 5.91 Å². The van der Waals surface area contributed by atoms with Gasteiger partial charge in [0.2, 0.25) is 5.91 Å². The highest BCUT2D eigenvalue weighted by molar-refractivity contribution is 5.80. The molecule has 0 aromatic rings. The predicted octanol–water partition coefficient (Wildman–Crippen LogP) is 2.48. The quantitative estimate of drug-likeness (QED) is 0.797. The van der Waals surface area contributed by atoms with E-state index in [1.807, 2.05) is 13.8 Å². The van der Waals surface area contributed by atoms with Crippen molar-refractivity contribution in [3.05, 3.63) is 0 Å². The maximum Gasteiger partial charge on any atom is 0.224 e. The van der Waals surface area contributed by atoms with Crippen LogP contribution in [0.1, 0.15) is 60.3 Å². The molecule has 2 atom stereocenters. The summed E-state index contributed by atoms with van der Waals surface area (Å²) >= 11 is 0. The van der Waals surface area contributed by atoms with Crippen LogP contribution in [0.4, 0.5) is 0 Å². The molecule has 0 radical (unpaired) electrons. The first-order valence-electron chi connectivity index (χ1n) is 6.67. The molecule has 0 spiro atoms. The number of hydrogen-bond donors (Lipinski definition) is 2. The normalized spacial score (nSPS) is 26.4. The molecule has 1 fully saturated rings. The molecule has 0 aromatic carbocycles. The first-order valence-corrected chi connectivity index (χ1v) is 6.67. The van der Waals surface area contributed by atoms with E-state index in [0.29, 0.717) is 0 Å². The highest BCUT2D eigenvalue weighted by atomic mass is 16.3. The summed E-state index contributed by atoms with van der Waals surface area (Å²) in [6, 6.07) is 0. The molecule has 1 aliphatic carbocycles. The number of carbonyl (C=O) groups is 1. The molecule has 0 heterocycles. The Morgan fingerprint density at radius 3 is 2.47 bits per heavy atom. The minimum absolute atomic E-state index is 0.0780. The van der Waals surface area contributed by atoms with Crippen molar-refractivity contribution in [3.8, 4) is 0 Å². The minimum atomic E-state index is -0.551. The number of carbonyl (C=O) groups excluding carboxylic acids is 1. The maximum atomic E-state index is 12.3. The van der Waals surface area contributed by atoms with Gasteiger partial charge in [0, 0.05) is 5.92 Å². The van der Waals surface area contributed by atoms with E-state index in [1.165, 1.54) is 6.42 Å². The average molecular weight is 241 g/mol. The van der Waals surface area contributed by atoms with Gasteiger partial charge in [-0.05, 0) is 39.0 Å². The molecule has 100 valence electrons. The van der Waals surface area contributed by atoms with Crippen molar-refractivity contribution in [1.29, 1.82) is 0 Å². The fourth-order valence-corrected chi connectivity index (χ4v) is 2.49. The van der Waals surface area contributed by atoms with E-state index in [2.05, 4.69) is 19.2 Å². The van der Waals surface area contributed by atoms with E-state index in [1.54, 1.807) is 6.92 Å².